The highest BCUT2D eigenvalue weighted by Crippen LogP contribution is 1.94. The molecule has 0 fully saturated rings. The van der Waals surface area contributed by atoms with Gasteiger partial charge < -0.3 is 9.74 Å². The van der Waals surface area contributed by atoms with Crippen LogP contribution in [0.1, 0.15) is 26.7 Å². The molecule has 5 heteroatoms. The van der Waals surface area contributed by atoms with Crippen LogP contribution in [0.3, 0.4) is 0 Å². The second-order valence-electron chi connectivity index (χ2n) is 2.78. The zero-order valence-electron chi connectivity index (χ0n) is 8.38. The van der Waals surface area contributed by atoms with Gasteiger partial charge in [0, 0.05) is 6.54 Å². The zero-order chi connectivity index (χ0) is 10.1. The first kappa shape index (κ1) is 12.3. The fourth-order valence-corrected chi connectivity index (χ4v) is 1.11. The van der Waals surface area contributed by atoms with Crippen molar-refractivity contribution in [3.05, 3.63) is 0 Å². The summed E-state index contributed by atoms with van der Waals surface area (Å²) in [5.74, 6) is 4.50. The van der Waals surface area contributed by atoms with Gasteiger partial charge in [0.2, 0.25) is 0 Å². The van der Waals surface area contributed by atoms with Crippen LogP contribution in [0.5, 0.6) is 0 Å². The highest BCUT2D eigenvalue weighted by molar-refractivity contribution is 5.69. The van der Waals surface area contributed by atoms with E-state index in [-0.39, 0.29) is 5.97 Å². The van der Waals surface area contributed by atoms with Gasteiger partial charge in [-0.2, -0.15) is 0 Å². The summed E-state index contributed by atoms with van der Waals surface area (Å²) < 4.78 is 0. The van der Waals surface area contributed by atoms with E-state index in [0.29, 0.717) is 6.42 Å². The van der Waals surface area contributed by atoms with Crippen molar-refractivity contribution in [3.63, 3.8) is 0 Å². The number of hydrogen-bond donors (Lipinski definition) is 2. The number of nitrogens with one attached hydrogen (secondary N) is 1. The molecule has 0 amide bonds. The lowest BCUT2D eigenvalue weighted by Gasteiger charge is -2.18. The Hall–Kier alpha value is -0.650. The largest absolute Gasteiger partial charge is 0.356 e. The molecular formula is C8H19N3O2. The predicted molar refractivity (Wildman–Crippen MR) is 50.4 cm³/mol. The Balaban J connectivity index is 3.52. The van der Waals surface area contributed by atoms with Crippen LogP contribution in [-0.2, 0) is 9.63 Å². The van der Waals surface area contributed by atoms with E-state index in [1.54, 1.807) is 0 Å². The maximum Gasteiger partial charge on any atom is 0.327 e. The van der Waals surface area contributed by atoms with E-state index < -0.39 is 0 Å². The Morgan fingerprint density at radius 3 is 2.62 bits per heavy atom. The number of rotatable bonds is 7. The average Bonchev–Trinajstić information content (AvgIpc) is 2.12. The Kier molecular flexibility index (Phi) is 7.57. The third-order valence-corrected chi connectivity index (χ3v) is 1.79. The van der Waals surface area contributed by atoms with Gasteiger partial charge in [0.1, 0.15) is 0 Å². The fourth-order valence-electron chi connectivity index (χ4n) is 1.11. The zero-order valence-corrected chi connectivity index (χ0v) is 8.38. The van der Waals surface area contributed by atoms with Crippen LogP contribution in [-0.4, -0.2) is 30.5 Å². The molecule has 0 spiro atoms. The molecule has 0 heterocycles. The number of nitrogens with zero attached hydrogens (tertiary/aromatic N) is 1. The van der Waals surface area contributed by atoms with Gasteiger partial charge >= 0.3 is 5.97 Å². The minimum atomic E-state index is -0.322. The molecule has 0 radical (unpaired) electrons. The first-order valence-electron chi connectivity index (χ1n) is 4.62. The summed E-state index contributed by atoms with van der Waals surface area (Å²) in [6.07, 6.45) is 1.47. The summed E-state index contributed by atoms with van der Waals surface area (Å²) in [6.45, 7) is 6.88. The third kappa shape index (κ3) is 6.51. The summed E-state index contributed by atoms with van der Waals surface area (Å²) in [6, 6.07) is 0. The second kappa shape index (κ2) is 7.97. The number of carbonyl (C=O) groups is 1. The molecule has 78 valence electrons. The summed E-state index contributed by atoms with van der Waals surface area (Å²) in [7, 11) is 0. The normalized spacial score (nSPS) is 10.5. The van der Waals surface area contributed by atoms with Crippen LogP contribution >= 0.6 is 0 Å². The van der Waals surface area contributed by atoms with E-state index in [1.807, 2.05) is 5.59 Å². The lowest BCUT2D eigenvalue weighted by molar-refractivity contribution is -0.151. The van der Waals surface area contributed by atoms with Gasteiger partial charge in [0.05, 0.1) is 6.42 Å². The maximum atomic E-state index is 10.9. The van der Waals surface area contributed by atoms with E-state index in [2.05, 4.69) is 23.6 Å². The van der Waals surface area contributed by atoms with Crippen LogP contribution in [0.15, 0.2) is 0 Å². The Morgan fingerprint density at radius 2 is 2.15 bits per heavy atom. The van der Waals surface area contributed by atoms with Gasteiger partial charge in [-0.25, -0.2) is 5.84 Å². The molecular weight excluding hydrogens is 170 g/mol. The second-order valence-corrected chi connectivity index (χ2v) is 2.78. The highest BCUT2D eigenvalue weighted by Gasteiger charge is 2.06. The maximum absolute atomic E-state index is 10.9. The van der Waals surface area contributed by atoms with E-state index in [4.69, 9.17) is 5.84 Å². The molecule has 0 atom stereocenters. The van der Waals surface area contributed by atoms with Crippen LogP contribution in [0.25, 0.3) is 0 Å². The summed E-state index contributed by atoms with van der Waals surface area (Å²) in [4.78, 5) is 17.4. The topological polar surface area (TPSA) is 67.6 Å². The van der Waals surface area contributed by atoms with Gasteiger partial charge in [0.15, 0.2) is 0 Å². The van der Waals surface area contributed by atoms with Crippen LogP contribution < -0.4 is 11.4 Å². The van der Waals surface area contributed by atoms with Gasteiger partial charge in [-0.15, -0.1) is 0 Å². The molecule has 5 nitrogen and oxygen atoms in total. The van der Waals surface area contributed by atoms with E-state index >= 15 is 0 Å². The molecule has 0 aliphatic carbocycles. The lowest BCUT2D eigenvalue weighted by Crippen LogP contribution is -2.31. The highest BCUT2D eigenvalue weighted by atomic mass is 16.7. The number of hydrazine groups is 1. The standard InChI is InChI=1S/C8H19N3O2/c1-3-6-11(4-2)7-5-8(12)13-10-9/h10H,3-7,9H2,1-2H3. The van der Waals surface area contributed by atoms with Crippen LogP contribution in [0, 0.1) is 0 Å². The van der Waals surface area contributed by atoms with Crippen LogP contribution in [0.4, 0.5) is 0 Å². The predicted octanol–water partition coefficient (Wildman–Crippen LogP) is 0.0299. The third-order valence-electron chi connectivity index (χ3n) is 1.79. The summed E-state index contributed by atoms with van der Waals surface area (Å²) in [5.41, 5.74) is 1.87. The number of nitrogens with two attached hydrogens (primary N) is 1. The molecule has 3 N–H and O–H groups in total. The fraction of sp³-hybridized carbons (Fsp3) is 0.875. The molecule has 0 aromatic carbocycles. The van der Waals surface area contributed by atoms with Crippen molar-refractivity contribution in [2.45, 2.75) is 26.7 Å². The molecule has 0 saturated heterocycles. The quantitative estimate of drug-likeness (QED) is 0.437. The minimum absolute atomic E-state index is 0.322. The van der Waals surface area contributed by atoms with Crippen molar-refractivity contribution in [1.82, 2.24) is 10.5 Å². The molecule has 13 heavy (non-hydrogen) atoms. The van der Waals surface area contributed by atoms with Crippen molar-refractivity contribution in [2.75, 3.05) is 19.6 Å². The first-order valence-corrected chi connectivity index (χ1v) is 4.62. The molecule has 0 aromatic rings. The summed E-state index contributed by atoms with van der Waals surface area (Å²) in [5, 5.41) is 0. The molecule has 0 saturated carbocycles. The SMILES string of the molecule is CCCN(CC)CCC(=O)ONN. The summed E-state index contributed by atoms with van der Waals surface area (Å²) >= 11 is 0. The molecule has 0 aliphatic rings. The molecule has 0 bridgehead atoms. The Labute approximate surface area is 79.1 Å². The van der Waals surface area contributed by atoms with Crippen LogP contribution in [0.2, 0.25) is 0 Å². The van der Waals surface area contributed by atoms with E-state index in [0.717, 1.165) is 26.1 Å². The van der Waals surface area contributed by atoms with Gasteiger partial charge in [-0.1, -0.05) is 19.4 Å². The Bertz CT molecular complexity index is 141. The Morgan fingerprint density at radius 1 is 1.46 bits per heavy atom. The van der Waals surface area contributed by atoms with Crippen molar-refractivity contribution < 1.29 is 9.63 Å². The van der Waals surface area contributed by atoms with Crippen molar-refractivity contribution in [1.29, 1.82) is 0 Å². The lowest BCUT2D eigenvalue weighted by atomic mass is 10.3. The number of carbonyl (C=O) groups excluding carboxylic acids is 1. The van der Waals surface area contributed by atoms with Crippen molar-refractivity contribution in [2.24, 2.45) is 5.84 Å². The molecule has 0 rings (SSSR count). The van der Waals surface area contributed by atoms with E-state index in [9.17, 15) is 4.79 Å². The van der Waals surface area contributed by atoms with Gasteiger partial charge in [0.25, 0.3) is 0 Å². The minimum Gasteiger partial charge on any atom is -0.356 e. The average molecular weight is 189 g/mol. The smallest absolute Gasteiger partial charge is 0.327 e. The molecule has 0 aromatic heterocycles. The van der Waals surface area contributed by atoms with Crippen molar-refractivity contribution >= 4 is 5.97 Å². The number of hydrogen-bond acceptors (Lipinski definition) is 5. The van der Waals surface area contributed by atoms with Gasteiger partial charge in [-0.3, -0.25) is 4.79 Å². The molecule has 0 aliphatic heterocycles. The first-order chi connectivity index (χ1) is 6.24. The van der Waals surface area contributed by atoms with Gasteiger partial charge in [-0.05, 0) is 19.5 Å². The molecule has 0 unspecified atom stereocenters. The monoisotopic (exact) mass is 189 g/mol. The van der Waals surface area contributed by atoms with Crippen molar-refractivity contribution in [3.8, 4) is 0 Å². The van der Waals surface area contributed by atoms with E-state index in [1.165, 1.54) is 0 Å².